The Morgan fingerprint density at radius 1 is 0.938 bits per heavy atom. The van der Waals surface area contributed by atoms with Crippen molar-refractivity contribution in [1.29, 1.82) is 0 Å². The molecule has 1 saturated carbocycles. The van der Waals surface area contributed by atoms with E-state index in [1.54, 1.807) is 0 Å². The molecule has 0 atom stereocenters. The van der Waals surface area contributed by atoms with Gasteiger partial charge in [-0.15, -0.1) is 0 Å². The summed E-state index contributed by atoms with van der Waals surface area (Å²) in [5, 5.41) is 3.75. The van der Waals surface area contributed by atoms with Gasteiger partial charge in [0.1, 0.15) is 0 Å². The quantitative estimate of drug-likeness (QED) is 0.726. The summed E-state index contributed by atoms with van der Waals surface area (Å²) in [5.41, 5.74) is 0. The number of rotatable bonds is 2. The van der Waals surface area contributed by atoms with Crippen LogP contribution in [0.15, 0.2) is 12.2 Å². The second-order valence-corrected chi connectivity index (χ2v) is 5.19. The number of ether oxygens (including phenoxy) is 2. The van der Waals surface area contributed by atoms with Gasteiger partial charge in [-0.25, -0.2) is 0 Å². The molecule has 2 aliphatic carbocycles. The SMILES string of the molecule is C1=CCC(NC2CCC3(CC2)OCCO3)C1. The van der Waals surface area contributed by atoms with E-state index >= 15 is 0 Å². The predicted octanol–water partition coefficient (Wildman–Crippen LogP) is 1.98. The zero-order chi connectivity index (χ0) is 10.8. The van der Waals surface area contributed by atoms with Crippen LogP contribution >= 0.6 is 0 Å². The van der Waals surface area contributed by atoms with Crippen LogP contribution in [0, 0.1) is 0 Å². The molecule has 1 saturated heterocycles. The summed E-state index contributed by atoms with van der Waals surface area (Å²) in [6.45, 7) is 1.56. The van der Waals surface area contributed by atoms with E-state index in [4.69, 9.17) is 9.47 Å². The molecule has 0 unspecified atom stereocenters. The van der Waals surface area contributed by atoms with Crippen LogP contribution in [0.2, 0.25) is 0 Å². The molecule has 2 fully saturated rings. The minimum Gasteiger partial charge on any atom is -0.348 e. The van der Waals surface area contributed by atoms with Crippen LogP contribution in [0.5, 0.6) is 0 Å². The second kappa shape index (κ2) is 4.47. The standard InChI is InChI=1S/C13H21NO2/c1-2-4-11(3-1)14-12-5-7-13(8-6-12)15-9-10-16-13/h1-2,11-12,14H,3-10H2. The van der Waals surface area contributed by atoms with Crippen molar-refractivity contribution in [2.24, 2.45) is 0 Å². The number of hydrogen-bond donors (Lipinski definition) is 1. The molecular formula is C13H21NO2. The topological polar surface area (TPSA) is 30.5 Å². The fourth-order valence-corrected chi connectivity index (χ4v) is 3.10. The van der Waals surface area contributed by atoms with E-state index in [1.165, 1.54) is 25.7 Å². The fraction of sp³-hybridized carbons (Fsp3) is 0.846. The van der Waals surface area contributed by atoms with Gasteiger partial charge in [0.05, 0.1) is 13.2 Å². The summed E-state index contributed by atoms with van der Waals surface area (Å²) >= 11 is 0. The van der Waals surface area contributed by atoms with Crippen LogP contribution in [-0.2, 0) is 9.47 Å². The first kappa shape index (κ1) is 10.8. The van der Waals surface area contributed by atoms with Crippen LogP contribution < -0.4 is 5.32 Å². The molecule has 0 aromatic rings. The summed E-state index contributed by atoms with van der Waals surface area (Å²) in [6, 6.07) is 1.35. The van der Waals surface area contributed by atoms with E-state index in [1.807, 2.05) is 0 Å². The van der Waals surface area contributed by atoms with Crippen LogP contribution in [0.25, 0.3) is 0 Å². The van der Waals surface area contributed by atoms with Gasteiger partial charge >= 0.3 is 0 Å². The first-order chi connectivity index (χ1) is 7.86. The van der Waals surface area contributed by atoms with Crippen molar-refractivity contribution >= 4 is 0 Å². The van der Waals surface area contributed by atoms with Gasteiger partial charge < -0.3 is 14.8 Å². The van der Waals surface area contributed by atoms with Crippen LogP contribution in [0.3, 0.4) is 0 Å². The highest BCUT2D eigenvalue weighted by molar-refractivity contribution is 4.99. The van der Waals surface area contributed by atoms with Gasteiger partial charge in [-0.05, 0) is 25.7 Å². The molecule has 90 valence electrons. The third-order valence-electron chi connectivity index (χ3n) is 4.04. The van der Waals surface area contributed by atoms with E-state index in [9.17, 15) is 0 Å². The van der Waals surface area contributed by atoms with Crippen molar-refractivity contribution in [2.45, 2.75) is 56.4 Å². The molecule has 3 heteroatoms. The Balaban J connectivity index is 1.46. The van der Waals surface area contributed by atoms with Crippen molar-refractivity contribution in [3.05, 3.63) is 12.2 Å². The Labute approximate surface area is 97.2 Å². The molecule has 3 nitrogen and oxygen atoms in total. The maximum Gasteiger partial charge on any atom is 0.168 e. The first-order valence-corrected chi connectivity index (χ1v) is 6.55. The monoisotopic (exact) mass is 223 g/mol. The van der Waals surface area contributed by atoms with Crippen LogP contribution in [0.1, 0.15) is 38.5 Å². The Morgan fingerprint density at radius 3 is 2.19 bits per heavy atom. The molecule has 0 aromatic carbocycles. The second-order valence-electron chi connectivity index (χ2n) is 5.19. The van der Waals surface area contributed by atoms with E-state index in [0.717, 1.165) is 26.1 Å². The van der Waals surface area contributed by atoms with Gasteiger partial charge in [-0.3, -0.25) is 0 Å². The molecule has 0 bridgehead atoms. The molecule has 1 heterocycles. The zero-order valence-electron chi connectivity index (χ0n) is 9.78. The van der Waals surface area contributed by atoms with Gasteiger partial charge in [-0.2, -0.15) is 0 Å². The number of nitrogens with one attached hydrogen (secondary N) is 1. The fourth-order valence-electron chi connectivity index (χ4n) is 3.10. The van der Waals surface area contributed by atoms with Gasteiger partial charge in [0, 0.05) is 24.9 Å². The lowest BCUT2D eigenvalue weighted by molar-refractivity contribution is -0.179. The zero-order valence-corrected chi connectivity index (χ0v) is 9.78. The Kier molecular flexibility index (Phi) is 3.01. The van der Waals surface area contributed by atoms with Gasteiger partial charge in [0.25, 0.3) is 0 Å². The van der Waals surface area contributed by atoms with Crippen LogP contribution in [0.4, 0.5) is 0 Å². The summed E-state index contributed by atoms with van der Waals surface area (Å²) in [7, 11) is 0. The molecule has 3 rings (SSSR count). The van der Waals surface area contributed by atoms with E-state index in [0.29, 0.717) is 12.1 Å². The maximum atomic E-state index is 5.74. The third kappa shape index (κ3) is 2.17. The minimum absolute atomic E-state index is 0.202. The molecule has 1 spiro atoms. The molecule has 16 heavy (non-hydrogen) atoms. The third-order valence-corrected chi connectivity index (χ3v) is 4.04. The van der Waals surface area contributed by atoms with Crippen molar-refractivity contribution < 1.29 is 9.47 Å². The molecule has 3 aliphatic rings. The Morgan fingerprint density at radius 2 is 1.56 bits per heavy atom. The van der Waals surface area contributed by atoms with E-state index in [-0.39, 0.29) is 5.79 Å². The van der Waals surface area contributed by atoms with Gasteiger partial charge in [0.15, 0.2) is 5.79 Å². The predicted molar refractivity (Wildman–Crippen MR) is 62.2 cm³/mol. The normalized spacial score (nSPS) is 30.5. The summed E-state index contributed by atoms with van der Waals surface area (Å²) in [6.07, 6.45) is 11.5. The van der Waals surface area contributed by atoms with E-state index < -0.39 is 0 Å². The highest BCUT2D eigenvalue weighted by atomic mass is 16.7. The van der Waals surface area contributed by atoms with Gasteiger partial charge in [-0.1, -0.05) is 12.2 Å². The average molecular weight is 223 g/mol. The maximum absolute atomic E-state index is 5.74. The molecule has 0 amide bonds. The average Bonchev–Trinajstić information content (AvgIpc) is 2.94. The van der Waals surface area contributed by atoms with E-state index in [2.05, 4.69) is 17.5 Å². The minimum atomic E-state index is -0.202. The lowest BCUT2D eigenvalue weighted by Gasteiger charge is -2.36. The van der Waals surface area contributed by atoms with Crippen LogP contribution in [-0.4, -0.2) is 31.1 Å². The van der Waals surface area contributed by atoms with Crippen molar-refractivity contribution in [3.8, 4) is 0 Å². The smallest absolute Gasteiger partial charge is 0.168 e. The van der Waals surface area contributed by atoms with Gasteiger partial charge in [0.2, 0.25) is 0 Å². The first-order valence-electron chi connectivity index (χ1n) is 6.55. The van der Waals surface area contributed by atoms with Crippen molar-refractivity contribution in [2.75, 3.05) is 13.2 Å². The van der Waals surface area contributed by atoms with Crippen molar-refractivity contribution in [1.82, 2.24) is 5.32 Å². The summed E-state index contributed by atoms with van der Waals surface area (Å²) < 4.78 is 11.5. The Bertz CT molecular complexity index is 253. The Hall–Kier alpha value is -0.380. The number of hydrogen-bond acceptors (Lipinski definition) is 3. The summed E-state index contributed by atoms with van der Waals surface area (Å²) in [5.74, 6) is -0.202. The molecule has 0 radical (unpaired) electrons. The summed E-state index contributed by atoms with van der Waals surface area (Å²) in [4.78, 5) is 0. The lowest BCUT2D eigenvalue weighted by atomic mass is 9.89. The lowest BCUT2D eigenvalue weighted by Crippen LogP contribution is -2.44. The molecule has 1 N–H and O–H groups in total. The largest absolute Gasteiger partial charge is 0.348 e. The molecular weight excluding hydrogens is 202 g/mol. The highest BCUT2D eigenvalue weighted by Crippen LogP contribution is 2.36. The highest BCUT2D eigenvalue weighted by Gasteiger charge is 2.40. The van der Waals surface area contributed by atoms with Crippen molar-refractivity contribution in [3.63, 3.8) is 0 Å². The molecule has 1 aliphatic heterocycles. The molecule has 0 aromatic heterocycles.